The second-order valence-electron chi connectivity index (χ2n) is 6.41. The van der Waals surface area contributed by atoms with Crippen LogP contribution in [0.4, 0.5) is 0 Å². The van der Waals surface area contributed by atoms with Crippen LogP contribution >= 0.6 is 0 Å². The quantitative estimate of drug-likeness (QED) is 0.369. The highest BCUT2D eigenvalue weighted by molar-refractivity contribution is 7.91. The van der Waals surface area contributed by atoms with Crippen molar-refractivity contribution in [3.63, 3.8) is 0 Å². The van der Waals surface area contributed by atoms with Crippen LogP contribution in [0.3, 0.4) is 0 Å². The van der Waals surface area contributed by atoms with Crippen molar-refractivity contribution in [2.24, 2.45) is 0 Å². The van der Waals surface area contributed by atoms with Crippen molar-refractivity contribution < 1.29 is 36.4 Å². The maximum absolute atomic E-state index is 12.1. The average molecular weight is 489 g/mol. The van der Waals surface area contributed by atoms with Crippen LogP contribution in [0.25, 0.3) is 10.8 Å². The Morgan fingerprint density at radius 2 is 1.06 bits per heavy atom. The molecule has 0 fully saturated rings. The van der Waals surface area contributed by atoms with Gasteiger partial charge in [-0.1, -0.05) is 42.5 Å². The molecule has 0 bridgehead atoms. The fourth-order valence-electron chi connectivity index (χ4n) is 2.84. The Kier molecular flexibility index (Phi) is 8.30. The van der Waals surface area contributed by atoms with Crippen molar-refractivity contribution in [2.75, 3.05) is 0 Å². The minimum atomic E-state index is -4.26. The Balaban J connectivity index is 0.000000218. The van der Waals surface area contributed by atoms with Crippen LogP contribution in [0.1, 0.15) is 0 Å². The molecule has 4 aromatic rings. The average Bonchev–Trinajstić information content (AvgIpc) is 2.81. The van der Waals surface area contributed by atoms with Crippen molar-refractivity contribution in [3.05, 3.63) is 91.0 Å². The molecule has 10 heteroatoms. The predicted molar refractivity (Wildman–Crippen MR) is 123 cm³/mol. The zero-order valence-corrected chi connectivity index (χ0v) is 18.7. The lowest BCUT2D eigenvalue weighted by Gasteiger charge is -2.04. The van der Waals surface area contributed by atoms with Gasteiger partial charge in [-0.25, -0.2) is 8.42 Å². The number of rotatable bonds is 3. The van der Waals surface area contributed by atoms with Crippen molar-refractivity contribution in [1.82, 2.24) is 0 Å². The standard InChI is InChI=1S/C12H10O3S.C10H8O4S.CH2O/c13-10-6-8-12(9-7-10)16(14,15)11-4-2-1-3-5-11;11-9-5-6-10(15(12,13)14)8-4-2-1-3-7(8)9;1-2/h1-9,13H;1-6,11H,(H,12,13,14);1H2. The van der Waals surface area contributed by atoms with Crippen LogP contribution in [-0.2, 0) is 24.7 Å². The van der Waals surface area contributed by atoms with Crippen molar-refractivity contribution in [1.29, 1.82) is 0 Å². The van der Waals surface area contributed by atoms with Crippen molar-refractivity contribution >= 4 is 37.5 Å². The fourth-order valence-corrected chi connectivity index (χ4v) is 4.82. The second-order valence-corrected chi connectivity index (χ2v) is 9.75. The molecular weight excluding hydrogens is 468 g/mol. The maximum atomic E-state index is 12.1. The zero-order chi connectivity index (χ0) is 24.6. The van der Waals surface area contributed by atoms with Gasteiger partial charge in [0.2, 0.25) is 9.84 Å². The van der Waals surface area contributed by atoms with E-state index in [9.17, 15) is 21.9 Å². The smallest absolute Gasteiger partial charge is 0.295 e. The number of benzene rings is 4. The first-order valence-corrected chi connectivity index (χ1v) is 12.1. The summed E-state index contributed by atoms with van der Waals surface area (Å²) in [7, 11) is -7.72. The first-order valence-electron chi connectivity index (χ1n) is 9.17. The summed E-state index contributed by atoms with van der Waals surface area (Å²) >= 11 is 0. The molecule has 8 nitrogen and oxygen atoms in total. The SMILES string of the molecule is C=O.O=S(=O)(O)c1ccc(O)c2ccccc12.O=S(=O)(c1ccccc1)c1ccc(O)cc1. The predicted octanol–water partition coefficient (Wildman–Crippen LogP) is 3.83. The second kappa shape index (κ2) is 10.7. The van der Waals surface area contributed by atoms with Crippen molar-refractivity contribution in [2.45, 2.75) is 14.7 Å². The Morgan fingerprint density at radius 3 is 1.61 bits per heavy atom. The number of hydrogen-bond acceptors (Lipinski definition) is 7. The van der Waals surface area contributed by atoms with Crippen LogP contribution in [0.15, 0.2) is 106 Å². The topological polar surface area (TPSA) is 146 Å². The zero-order valence-electron chi connectivity index (χ0n) is 17.1. The summed E-state index contributed by atoms with van der Waals surface area (Å²) in [6.45, 7) is 2.00. The number of phenolic OH excluding ortho intramolecular Hbond substituents is 2. The summed E-state index contributed by atoms with van der Waals surface area (Å²) < 4.78 is 55.2. The molecule has 0 spiro atoms. The van der Waals surface area contributed by atoms with Gasteiger partial charge in [-0.2, -0.15) is 8.42 Å². The molecule has 0 aliphatic rings. The van der Waals surface area contributed by atoms with Crippen LogP contribution in [0.5, 0.6) is 11.5 Å². The molecule has 0 radical (unpaired) electrons. The van der Waals surface area contributed by atoms with Gasteiger partial charge >= 0.3 is 0 Å². The molecule has 0 aromatic heterocycles. The monoisotopic (exact) mass is 488 g/mol. The molecule has 0 unspecified atom stereocenters. The van der Waals surface area contributed by atoms with E-state index < -0.39 is 20.0 Å². The third-order valence-corrected chi connectivity index (χ3v) is 7.04. The number of carbonyl (C=O) groups is 1. The Bertz CT molecular complexity index is 1430. The van der Waals surface area contributed by atoms with Gasteiger partial charge in [0.05, 0.1) is 9.79 Å². The Hall–Kier alpha value is -3.73. The number of sulfone groups is 1. The summed E-state index contributed by atoms with van der Waals surface area (Å²) in [6, 6.07) is 22.5. The molecule has 0 atom stereocenters. The lowest BCUT2D eigenvalue weighted by molar-refractivity contribution is -0.0980. The maximum Gasteiger partial charge on any atom is 0.295 e. The molecule has 33 heavy (non-hydrogen) atoms. The van der Waals surface area contributed by atoms with Crippen LogP contribution in [0, 0.1) is 0 Å². The van der Waals surface area contributed by atoms with Gasteiger partial charge < -0.3 is 15.0 Å². The largest absolute Gasteiger partial charge is 0.508 e. The van der Waals surface area contributed by atoms with E-state index in [2.05, 4.69) is 0 Å². The number of carbonyl (C=O) groups excluding carboxylic acids is 1. The summed E-state index contributed by atoms with van der Waals surface area (Å²) in [5, 5.41) is 19.3. The molecule has 172 valence electrons. The normalized spacial score (nSPS) is 10.9. The highest BCUT2D eigenvalue weighted by Crippen LogP contribution is 2.29. The number of phenols is 2. The van der Waals surface area contributed by atoms with Gasteiger partial charge in [0.25, 0.3) is 10.1 Å². The van der Waals surface area contributed by atoms with E-state index in [1.54, 1.807) is 48.5 Å². The van der Waals surface area contributed by atoms with Crippen LogP contribution in [0.2, 0.25) is 0 Å². The third kappa shape index (κ3) is 6.16. The van der Waals surface area contributed by atoms with E-state index in [1.165, 1.54) is 42.5 Å². The molecular formula is C23H20O8S2. The first-order chi connectivity index (χ1) is 15.6. The molecule has 0 amide bonds. The highest BCUT2D eigenvalue weighted by atomic mass is 32.2. The summed E-state index contributed by atoms with van der Waals surface area (Å²) in [5.74, 6) is 0.0324. The molecule has 0 aliphatic carbocycles. The van der Waals surface area contributed by atoms with Crippen LogP contribution < -0.4 is 0 Å². The van der Waals surface area contributed by atoms with Crippen LogP contribution in [-0.4, -0.2) is 38.4 Å². The number of hydrogen-bond donors (Lipinski definition) is 3. The van der Waals surface area contributed by atoms with E-state index in [4.69, 9.17) is 14.5 Å². The summed E-state index contributed by atoms with van der Waals surface area (Å²) in [5.41, 5.74) is 0. The van der Waals surface area contributed by atoms with Gasteiger partial charge in [-0.3, -0.25) is 4.55 Å². The molecule has 0 saturated heterocycles. The molecule has 4 rings (SSSR count). The lowest BCUT2D eigenvalue weighted by Crippen LogP contribution is -2.00. The van der Waals surface area contributed by atoms with E-state index in [-0.39, 0.29) is 26.2 Å². The number of fused-ring (bicyclic) bond motifs is 1. The van der Waals surface area contributed by atoms with E-state index in [1.807, 2.05) is 6.79 Å². The van der Waals surface area contributed by atoms with Gasteiger partial charge in [0.15, 0.2) is 0 Å². The summed E-state index contributed by atoms with van der Waals surface area (Å²) in [4.78, 5) is 8.23. The minimum absolute atomic E-state index is 0.0157. The first kappa shape index (κ1) is 25.5. The minimum Gasteiger partial charge on any atom is -0.508 e. The highest BCUT2D eigenvalue weighted by Gasteiger charge is 2.16. The molecule has 4 aromatic carbocycles. The van der Waals surface area contributed by atoms with Gasteiger partial charge in [-0.15, -0.1) is 0 Å². The van der Waals surface area contributed by atoms with Gasteiger partial charge in [0, 0.05) is 10.8 Å². The molecule has 0 saturated carbocycles. The van der Waals surface area contributed by atoms with Crippen molar-refractivity contribution in [3.8, 4) is 11.5 Å². The van der Waals surface area contributed by atoms with Gasteiger partial charge in [-0.05, 0) is 48.5 Å². The Labute approximate surface area is 191 Å². The van der Waals surface area contributed by atoms with E-state index in [0.29, 0.717) is 10.8 Å². The fraction of sp³-hybridized carbons (Fsp3) is 0. The summed E-state index contributed by atoms with van der Waals surface area (Å²) in [6.07, 6.45) is 0. The van der Waals surface area contributed by atoms with E-state index >= 15 is 0 Å². The molecule has 3 N–H and O–H groups in total. The molecule has 0 aliphatic heterocycles. The van der Waals surface area contributed by atoms with Gasteiger partial charge in [0.1, 0.15) is 23.2 Å². The number of aromatic hydroxyl groups is 2. The third-order valence-electron chi connectivity index (χ3n) is 4.34. The van der Waals surface area contributed by atoms with E-state index in [0.717, 1.165) is 0 Å². The lowest BCUT2D eigenvalue weighted by atomic mass is 10.1. The molecule has 0 heterocycles. The Morgan fingerprint density at radius 1 is 0.576 bits per heavy atom.